The Labute approximate surface area is 128 Å². The molecule has 18 heavy (non-hydrogen) atoms. The van der Waals surface area contributed by atoms with Crippen molar-refractivity contribution in [1.82, 2.24) is 4.90 Å². The fourth-order valence-corrected chi connectivity index (χ4v) is 2.72. The average Bonchev–Trinajstić information content (AvgIpc) is 2.38. The molecule has 1 aromatic carbocycles. The number of carbonyl (C=O) groups excluding carboxylic acids is 1. The molecule has 100 valence electrons. The topological polar surface area (TPSA) is 46.3 Å². The Morgan fingerprint density at radius 2 is 2.06 bits per heavy atom. The number of hydrogen-bond acceptors (Lipinski definition) is 2. The van der Waals surface area contributed by atoms with Gasteiger partial charge in [0.2, 0.25) is 0 Å². The maximum Gasteiger partial charge on any atom is 0.253 e. The Morgan fingerprint density at radius 3 is 2.61 bits per heavy atom. The van der Waals surface area contributed by atoms with Gasteiger partial charge < -0.3 is 10.6 Å². The van der Waals surface area contributed by atoms with E-state index < -0.39 is 0 Å². The van der Waals surface area contributed by atoms with Gasteiger partial charge >= 0.3 is 0 Å². The van der Waals surface area contributed by atoms with E-state index in [2.05, 4.69) is 22.6 Å². The minimum Gasteiger partial charge on any atom is -0.339 e. The molecule has 1 aliphatic heterocycles. The van der Waals surface area contributed by atoms with Crippen LogP contribution in [0.5, 0.6) is 0 Å². The molecule has 1 fully saturated rings. The molecule has 0 unspecified atom stereocenters. The molecule has 3 nitrogen and oxygen atoms in total. The number of nitrogens with two attached hydrogens (primary N) is 1. The summed E-state index contributed by atoms with van der Waals surface area (Å²) < 4.78 is 1.10. The zero-order chi connectivity index (χ0) is 12.3. The molecule has 1 amide bonds. The van der Waals surface area contributed by atoms with Gasteiger partial charge in [-0.3, -0.25) is 4.79 Å². The highest BCUT2D eigenvalue weighted by Crippen LogP contribution is 2.18. The normalized spacial score (nSPS) is 16.2. The van der Waals surface area contributed by atoms with Gasteiger partial charge in [-0.05, 0) is 66.1 Å². The van der Waals surface area contributed by atoms with Crippen LogP contribution in [0.2, 0.25) is 0 Å². The molecular weight excluding hydrogens is 363 g/mol. The van der Waals surface area contributed by atoms with Crippen LogP contribution in [-0.4, -0.2) is 30.4 Å². The van der Waals surface area contributed by atoms with Crippen molar-refractivity contribution in [2.75, 3.05) is 19.6 Å². The Hall–Kier alpha value is -0.330. The maximum absolute atomic E-state index is 12.2. The summed E-state index contributed by atoms with van der Waals surface area (Å²) in [6.07, 6.45) is 2.07. The van der Waals surface area contributed by atoms with Gasteiger partial charge in [-0.25, -0.2) is 0 Å². The average molecular weight is 381 g/mol. The van der Waals surface area contributed by atoms with E-state index in [9.17, 15) is 4.79 Å². The molecular formula is C13H18ClIN2O. The van der Waals surface area contributed by atoms with Crippen LogP contribution in [0.3, 0.4) is 0 Å². The number of halogens is 2. The molecule has 0 aromatic heterocycles. The fourth-order valence-electron chi connectivity index (χ4n) is 2.18. The number of rotatable bonds is 2. The van der Waals surface area contributed by atoms with E-state index in [0.717, 1.165) is 41.6 Å². The summed E-state index contributed by atoms with van der Waals surface area (Å²) in [5, 5.41) is 0. The van der Waals surface area contributed by atoms with Gasteiger partial charge in [-0.1, -0.05) is 6.07 Å². The largest absolute Gasteiger partial charge is 0.339 e. The van der Waals surface area contributed by atoms with Crippen molar-refractivity contribution in [2.24, 2.45) is 11.7 Å². The van der Waals surface area contributed by atoms with Crippen molar-refractivity contribution in [1.29, 1.82) is 0 Å². The van der Waals surface area contributed by atoms with E-state index in [-0.39, 0.29) is 18.3 Å². The number of nitrogens with zero attached hydrogens (tertiary/aromatic N) is 1. The van der Waals surface area contributed by atoms with Crippen molar-refractivity contribution < 1.29 is 4.79 Å². The molecule has 0 aliphatic carbocycles. The predicted octanol–water partition coefficient (Wildman–Crippen LogP) is 2.52. The van der Waals surface area contributed by atoms with Crippen LogP contribution >= 0.6 is 35.0 Å². The second kappa shape index (κ2) is 7.31. The van der Waals surface area contributed by atoms with Crippen LogP contribution in [0, 0.1) is 9.49 Å². The maximum atomic E-state index is 12.2. The molecule has 0 spiro atoms. The minimum absolute atomic E-state index is 0. The highest BCUT2D eigenvalue weighted by Gasteiger charge is 2.22. The van der Waals surface area contributed by atoms with Crippen LogP contribution in [0.15, 0.2) is 24.3 Å². The van der Waals surface area contributed by atoms with Gasteiger partial charge in [-0.15, -0.1) is 12.4 Å². The molecule has 1 aromatic rings. The third kappa shape index (κ3) is 3.83. The highest BCUT2D eigenvalue weighted by molar-refractivity contribution is 14.1. The Kier molecular flexibility index (Phi) is 6.38. The Bertz CT molecular complexity index is 406. The van der Waals surface area contributed by atoms with Crippen molar-refractivity contribution in [3.63, 3.8) is 0 Å². The molecule has 0 saturated carbocycles. The van der Waals surface area contributed by atoms with Gasteiger partial charge in [0, 0.05) is 22.2 Å². The third-order valence-electron chi connectivity index (χ3n) is 3.31. The predicted molar refractivity (Wildman–Crippen MR) is 84.1 cm³/mol. The quantitative estimate of drug-likeness (QED) is 0.802. The van der Waals surface area contributed by atoms with E-state index in [0.29, 0.717) is 5.92 Å². The van der Waals surface area contributed by atoms with Gasteiger partial charge in [0.05, 0.1) is 0 Å². The Morgan fingerprint density at radius 1 is 1.39 bits per heavy atom. The summed E-state index contributed by atoms with van der Waals surface area (Å²) in [5.41, 5.74) is 6.45. The van der Waals surface area contributed by atoms with Crippen LogP contribution in [-0.2, 0) is 0 Å². The van der Waals surface area contributed by atoms with Crippen LogP contribution in [0.25, 0.3) is 0 Å². The summed E-state index contributed by atoms with van der Waals surface area (Å²) in [5.74, 6) is 0.744. The first-order valence-corrected chi connectivity index (χ1v) is 7.03. The van der Waals surface area contributed by atoms with Crippen molar-refractivity contribution in [3.05, 3.63) is 33.4 Å². The van der Waals surface area contributed by atoms with E-state index >= 15 is 0 Å². The molecule has 2 N–H and O–H groups in total. The van der Waals surface area contributed by atoms with Gasteiger partial charge in [-0.2, -0.15) is 0 Å². The van der Waals surface area contributed by atoms with Crippen molar-refractivity contribution in [3.8, 4) is 0 Å². The minimum atomic E-state index is 0. The highest BCUT2D eigenvalue weighted by atomic mass is 127. The second-order valence-electron chi connectivity index (χ2n) is 4.48. The first kappa shape index (κ1) is 15.7. The molecule has 1 heterocycles. The van der Waals surface area contributed by atoms with Gasteiger partial charge in [0.15, 0.2) is 0 Å². The number of likely N-dealkylation sites (tertiary alicyclic amines) is 1. The van der Waals surface area contributed by atoms with E-state index in [4.69, 9.17) is 5.73 Å². The summed E-state index contributed by atoms with van der Waals surface area (Å²) >= 11 is 2.23. The number of piperidine rings is 1. The molecule has 0 radical (unpaired) electrons. The summed E-state index contributed by atoms with van der Waals surface area (Å²) in [7, 11) is 0. The first-order valence-electron chi connectivity index (χ1n) is 5.95. The summed E-state index contributed by atoms with van der Waals surface area (Å²) in [6, 6.07) is 7.76. The monoisotopic (exact) mass is 380 g/mol. The number of amides is 1. The molecule has 1 aliphatic rings. The summed E-state index contributed by atoms with van der Waals surface area (Å²) in [6.45, 7) is 2.42. The van der Waals surface area contributed by atoms with Crippen LogP contribution < -0.4 is 5.73 Å². The number of hydrogen-bond donors (Lipinski definition) is 1. The van der Waals surface area contributed by atoms with Gasteiger partial charge in [0.25, 0.3) is 5.91 Å². The van der Waals surface area contributed by atoms with Crippen LogP contribution in [0.4, 0.5) is 0 Å². The SMILES string of the molecule is Cl.NCC1CCN(C(=O)c2cccc(I)c2)CC1. The molecule has 2 rings (SSSR count). The lowest BCUT2D eigenvalue weighted by molar-refractivity contribution is 0.0693. The molecule has 0 bridgehead atoms. The fraction of sp³-hybridized carbons (Fsp3) is 0.462. The smallest absolute Gasteiger partial charge is 0.253 e. The van der Waals surface area contributed by atoms with E-state index in [1.165, 1.54) is 0 Å². The number of benzene rings is 1. The van der Waals surface area contributed by atoms with E-state index in [1.54, 1.807) is 0 Å². The van der Waals surface area contributed by atoms with Crippen molar-refractivity contribution >= 4 is 40.9 Å². The van der Waals surface area contributed by atoms with Crippen molar-refractivity contribution in [2.45, 2.75) is 12.8 Å². The zero-order valence-corrected chi connectivity index (χ0v) is 13.1. The summed E-state index contributed by atoms with van der Waals surface area (Å²) in [4.78, 5) is 14.2. The van der Waals surface area contributed by atoms with Gasteiger partial charge in [0.1, 0.15) is 0 Å². The first-order chi connectivity index (χ1) is 8.20. The molecule has 1 saturated heterocycles. The zero-order valence-electron chi connectivity index (χ0n) is 10.1. The Balaban J connectivity index is 0.00000162. The molecule has 5 heteroatoms. The lowest BCUT2D eigenvalue weighted by atomic mass is 9.96. The second-order valence-corrected chi connectivity index (χ2v) is 5.73. The lowest BCUT2D eigenvalue weighted by Crippen LogP contribution is -2.40. The van der Waals surface area contributed by atoms with Crippen LogP contribution in [0.1, 0.15) is 23.2 Å². The van der Waals surface area contributed by atoms with E-state index in [1.807, 2.05) is 29.2 Å². The standard InChI is InChI=1S/C13H17IN2O.ClH/c14-12-3-1-2-11(8-12)13(17)16-6-4-10(9-15)5-7-16;/h1-3,8,10H,4-7,9,15H2;1H. The number of carbonyl (C=O) groups is 1. The lowest BCUT2D eigenvalue weighted by Gasteiger charge is -2.31. The third-order valence-corrected chi connectivity index (χ3v) is 3.98. The molecule has 0 atom stereocenters.